The van der Waals surface area contributed by atoms with Gasteiger partial charge in [0.05, 0.1) is 0 Å². The molecule has 1 unspecified atom stereocenters. The molecule has 5 heteroatoms. The summed E-state index contributed by atoms with van der Waals surface area (Å²) in [5.41, 5.74) is 0.480. The second-order valence-electron chi connectivity index (χ2n) is 4.39. The fourth-order valence-electron chi connectivity index (χ4n) is 1.82. The summed E-state index contributed by atoms with van der Waals surface area (Å²) in [5.74, 6) is -1.06. The molecule has 1 nitrogen and oxygen atoms in total. The van der Waals surface area contributed by atoms with E-state index in [1.807, 2.05) is 13.8 Å². The first kappa shape index (κ1) is 14.6. The highest BCUT2D eigenvalue weighted by molar-refractivity contribution is 9.10. The minimum Gasteiger partial charge on any atom is -0.305 e. The number of aryl methyl sites for hydroxylation is 1. The number of halogens is 3. The van der Waals surface area contributed by atoms with Gasteiger partial charge in [0.25, 0.3) is 0 Å². The molecule has 1 atom stereocenters. The Kier molecular flexibility index (Phi) is 4.71. The Bertz CT molecular complexity index is 563. The zero-order valence-electron chi connectivity index (χ0n) is 10.6. The van der Waals surface area contributed by atoms with Gasteiger partial charge in [0.1, 0.15) is 11.6 Å². The molecule has 0 aliphatic heterocycles. The first-order valence-electron chi connectivity index (χ1n) is 5.90. The van der Waals surface area contributed by atoms with Gasteiger partial charge >= 0.3 is 0 Å². The van der Waals surface area contributed by atoms with Crippen molar-refractivity contribution < 1.29 is 8.78 Å². The quantitative estimate of drug-likeness (QED) is 0.826. The summed E-state index contributed by atoms with van der Waals surface area (Å²) in [6.45, 7) is 4.57. The van der Waals surface area contributed by atoms with Gasteiger partial charge in [-0.05, 0) is 41.9 Å². The van der Waals surface area contributed by atoms with Crippen molar-refractivity contribution in [3.63, 3.8) is 0 Å². The zero-order valence-corrected chi connectivity index (χ0v) is 13.0. The summed E-state index contributed by atoms with van der Waals surface area (Å²) >= 11 is 5.16. The number of rotatable bonds is 4. The summed E-state index contributed by atoms with van der Waals surface area (Å²) in [5, 5.41) is 3.24. The number of hydrogen-bond acceptors (Lipinski definition) is 2. The van der Waals surface area contributed by atoms with E-state index < -0.39 is 11.6 Å². The normalized spacial score (nSPS) is 12.7. The molecule has 0 amide bonds. The van der Waals surface area contributed by atoms with Gasteiger partial charge in [-0.3, -0.25) is 0 Å². The van der Waals surface area contributed by atoms with Crippen LogP contribution in [0.2, 0.25) is 0 Å². The molecule has 0 radical (unpaired) electrons. The van der Waals surface area contributed by atoms with E-state index in [-0.39, 0.29) is 6.04 Å². The molecule has 19 heavy (non-hydrogen) atoms. The second kappa shape index (κ2) is 6.11. The largest absolute Gasteiger partial charge is 0.305 e. The molecule has 102 valence electrons. The van der Waals surface area contributed by atoms with Crippen LogP contribution < -0.4 is 5.32 Å². The lowest BCUT2D eigenvalue weighted by Crippen LogP contribution is -2.18. The number of hydrogen-bond donors (Lipinski definition) is 1. The fourth-order valence-corrected chi connectivity index (χ4v) is 3.37. The van der Waals surface area contributed by atoms with E-state index in [4.69, 9.17) is 0 Å². The minimum absolute atomic E-state index is 0.165. The Hall–Kier alpha value is -0.780. The number of benzene rings is 1. The lowest BCUT2D eigenvalue weighted by molar-refractivity contribution is 0.519. The monoisotopic (exact) mass is 345 g/mol. The average molecular weight is 346 g/mol. The molecule has 2 aromatic rings. The van der Waals surface area contributed by atoms with Crippen LogP contribution >= 0.6 is 27.3 Å². The lowest BCUT2D eigenvalue weighted by Gasteiger charge is -2.14. The highest BCUT2D eigenvalue weighted by Gasteiger charge is 2.12. The van der Waals surface area contributed by atoms with Gasteiger partial charge in [-0.2, -0.15) is 0 Å². The van der Waals surface area contributed by atoms with E-state index in [1.54, 1.807) is 11.3 Å². The summed E-state index contributed by atoms with van der Waals surface area (Å²) in [6, 6.07) is 5.57. The number of nitrogens with one attached hydrogen (secondary N) is 1. The van der Waals surface area contributed by atoms with Crippen LogP contribution in [0.3, 0.4) is 0 Å². The molecule has 1 aromatic heterocycles. The lowest BCUT2D eigenvalue weighted by atomic mass is 10.1. The van der Waals surface area contributed by atoms with Crippen LogP contribution in [-0.4, -0.2) is 0 Å². The van der Waals surface area contributed by atoms with Crippen LogP contribution in [0.15, 0.2) is 28.7 Å². The van der Waals surface area contributed by atoms with Crippen LogP contribution in [0, 0.1) is 18.6 Å². The van der Waals surface area contributed by atoms with Gasteiger partial charge in [0, 0.05) is 38.4 Å². The standard InChI is InChI=1S/C14H14BrF2NS/c1-8(12-4-3-10(16)5-14(12)17)18-7-11-6-13(15)9(2)19-11/h3-6,8,18H,7H2,1-2H3. The van der Waals surface area contributed by atoms with Crippen molar-refractivity contribution in [2.75, 3.05) is 0 Å². The SMILES string of the molecule is Cc1sc(CNC(C)c2ccc(F)cc2F)cc1Br. The van der Waals surface area contributed by atoms with E-state index in [9.17, 15) is 8.78 Å². The Morgan fingerprint density at radius 2 is 2.05 bits per heavy atom. The third-order valence-corrected chi connectivity index (χ3v) is 5.06. The van der Waals surface area contributed by atoms with E-state index in [0.717, 1.165) is 10.5 Å². The van der Waals surface area contributed by atoms with Crippen molar-refractivity contribution in [2.24, 2.45) is 0 Å². The maximum Gasteiger partial charge on any atom is 0.130 e. The number of thiophene rings is 1. The van der Waals surface area contributed by atoms with Gasteiger partial charge in [0.2, 0.25) is 0 Å². The summed E-state index contributed by atoms with van der Waals surface area (Å²) < 4.78 is 27.5. The Labute approximate surface area is 123 Å². The summed E-state index contributed by atoms with van der Waals surface area (Å²) in [7, 11) is 0. The molecule has 0 fully saturated rings. The predicted octanol–water partition coefficient (Wildman–Crippen LogP) is 4.95. The summed E-state index contributed by atoms with van der Waals surface area (Å²) in [4.78, 5) is 2.40. The smallest absolute Gasteiger partial charge is 0.130 e. The molecular formula is C14H14BrF2NS. The Morgan fingerprint density at radius 1 is 1.32 bits per heavy atom. The molecule has 0 saturated heterocycles. The van der Waals surface area contributed by atoms with Crippen LogP contribution in [0.25, 0.3) is 0 Å². The molecule has 0 saturated carbocycles. The maximum absolute atomic E-state index is 13.6. The van der Waals surface area contributed by atoms with E-state index in [0.29, 0.717) is 12.1 Å². The van der Waals surface area contributed by atoms with Crippen LogP contribution in [0.1, 0.15) is 28.3 Å². The van der Waals surface area contributed by atoms with E-state index in [1.165, 1.54) is 21.9 Å². The zero-order chi connectivity index (χ0) is 14.0. The van der Waals surface area contributed by atoms with Crippen LogP contribution in [-0.2, 0) is 6.54 Å². The van der Waals surface area contributed by atoms with Crippen molar-refractivity contribution >= 4 is 27.3 Å². The highest BCUT2D eigenvalue weighted by Crippen LogP contribution is 2.27. The predicted molar refractivity (Wildman–Crippen MR) is 78.4 cm³/mol. The molecule has 2 rings (SSSR count). The van der Waals surface area contributed by atoms with Gasteiger partial charge in [-0.1, -0.05) is 6.07 Å². The topological polar surface area (TPSA) is 12.0 Å². The average Bonchev–Trinajstić information content (AvgIpc) is 2.66. The Morgan fingerprint density at radius 3 is 2.63 bits per heavy atom. The van der Waals surface area contributed by atoms with Crippen molar-refractivity contribution in [1.82, 2.24) is 5.32 Å². The maximum atomic E-state index is 13.6. The second-order valence-corrected chi connectivity index (χ2v) is 6.58. The Balaban J connectivity index is 2.03. The molecular weight excluding hydrogens is 332 g/mol. The molecule has 1 N–H and O–H groups in total. The third-order valence-electron chi connectivity index (χ3n) is 2.92. The molecule has 0 aliphatic carbocycles. The summed E-state index contributed by atoms with van der Waals surface area (Å²) in [6.07, 6.45) is 0. The van der Waals surface area contributed by atoms with E-state index >= 15 is 0 Å². The highest BCUT2D eigenvalue weighted by atomic mass is 79.9. The van der Waals surface area contributed by atoms with Gasteiger partial charge in [-0.25, -0.2) is 8.78 Å². The molecule has 1 aromatic carbocycles. The first-order valence-corrected chi connectivity index (χ1v) is 7.51. The minimum atomic E-state index is -0.550. The molecule has 0 aliphatic rings. The van der Waals surface area contributed by atoms with Crippen LogP contribution in [0.4, 0.5) is 8.78 Å². The molecule has 1 heterocycles. The fraction of sp³-hybridized carbons (Fsp3) is 0.286. The van der Waals surface area contributed by atoms with Gasteiger partial charge in [0.15, 0.2) is 0 Å². The molecule has 0 bridgehead atoms. The van der Waals surface area contributed by atoms with Crippen molar-refractivity contribution in [3.05, 3.63) is 55.7 Å². The molecule has 0 spiro atoms. The van der Waals surface area contributed by atoms with Crippen LogP contribution in [0.5, 0.6) is 0 Å². The van der Waals surface area contributed by atoms with Crippen molar-refractivity contribution in [1.29, 1.82) is 0 Å². The van der Waals surface area contributed by atoms with Crippen molar-refractivity contribution in [3.8, 4) is 0 Å². The van der Waals surface area contributed by atoms with Gasteiger partial charge < -0.3 is 5.32 Å². The third kappa shape index (κ3) is 3.61. The van der Waals surface area contributed by atoms with E-state index in [2.05, 4.69) is 27.3 Å². The van der Waals surface area contributed by atoms with Gasteiger partial charge in [-0.15, -0.1) is 11.3 Å². The first-order chi connectivity index (χ1) is 8.97. The van der Waals surface area contributed by atoms with Crippen molar-refractivity contribution in [2.45, 2.75) is 26.4 Å².